The van der Waals surface area contributed by atoms with E-state index in [4.69, 9.17) is 4.74 Å². The predicted octanol–water partition coefficient (Wildman–Crippen LogP) is 26.0. The second kappa shape index (κ2) is 75.8. The lowest BCUT2D eigenvalue weighted by Gasteiger charge is -2.20. The molecule has 0 aromatic carbocycles. The first-order valence-corrected chi connectivity index (χ1v) is 39.6. The van der Waals surface area contributed by atoms with E-state index in [1.54, 1.807) is 6.08 Å². The first kappa shape index (κ1) is 84.3. The molecule has 0 spiro atoms. The van der Waals surface area contributed by atoms with Gasteiger partial charge in [-0.15, -0.1) is 0 Å². The first-order valence-electron chi connectivity index (χ1n) is 39.6. The van der Waals surface area contributed by atoms with Crippen LogP contribution in [0.5, 0.6) is 0 Å². The summed E-state index contributed by atoms with van der Waals surface area (Å²) in [6, 6.07) is -0.621. The molecule has 0 radical (unpaired) electrons. The minimum absolute atomic E-state index is 0.0243. The van der Waals surface area contributed by atoms with Crippen molar-refractivity contribution in [1.82, 2.24) is 5.32 Å². The van der Waals surface area contributed by atoms with Gasteiger partial charge in [0.1, 0.15) is 0 Å². The Kier molecular flexibility index (Phi) is 74.3. The molecule has 2 unspecified atom stereocenters. The van der Waals surface area contributed by atoms with Crippen molar-refractivity contribution in [3.05, 3.63) is 24.3 Å². The number of aliphatic hydroxyl groups excluding tert-OH is 2. The van der Waals surface area contributed by atoms with Crippen molar-refractivity contribution in [3.8, 4) is 0 Å². The fraction of sp³-hybridized carbons (Fsp3) is 0.925. The molecule has 0 aromatic heterocycles. The summed E-state index contributed by atoms with van der Waals surface area (Å²) in [5.41, 5.74) is 0. The smallest absolute Gasteiger partial charge is 0.305 e. The lowest BCUT2D eigenvalue weighted by molar-refractivity contribution is -0.143. The van der Waals surface area contributed by atoms with Crippen LogP contribution >= 0.6 is 0 Å². The zero-order valence-electron chi connectivity index (χ0n) is 58.6. The monoisotopic (exact) mass is 1210 g/mol. The van der Waals surface area contributed by atoms with E-state index in [1.807, 2.05) is 6.08 Å². The molecule has 3 N–H and O–H groups in total. The average molecular weight is 1210 g/mol. The first-order chi connectivity index (χ1) is 42.5. The van der Waals surface area contributed by atoms with E-state index in [9.17, 15) is 19.8 Å². The third kappa shape index (κ3) is 71.4. The Morgan fingerprint density at radius 2 is 0.547 bits per heavy atom. The van der Waals surface area contributed by atoms with E-state index in [0.717, 1.165) is 38.5 Å². The number of allylic oxidation sites excluding steroid dienone is 3. The topological polar surface area (TPSA) is 95.9 Å². The Balaban J connectivity index is 3.27. The van der Waals surface area contributed by atoms with Gasteiger partial charge < -0.3 is 20.3 Å². The molecule has 1 amide bonds. The van der Waals surface area contributed by atoms with Crippen molar-refractivity contribution in [2.24, 2.45) is 0 Å². The Hall–Kier alpha value is -1.66. The molecule has 0 aliphatic heterocycles. The van der Waals surface area contributed by atoms with Crippen LogP contribution in [0.15, 0.2) is 24.3 Å². The van der Waals surface area contributed by atoms with Gasteiger partial charge in [0, 0.05) is 12.8 Å². The standard InChI is InChI=1S/C80H155NO5/c1-3-5-7-9-11-13-15-16-17-18-40-44-47-50-54-58-62-66-70-74-80(85)86-75-71-67-63-59-55-51-48-45-42-39-37-35-33-31-29-27-25-23-21-19-20-22-24-26-28-30-32-34-36-38-41-43-46-49-53-57-61-65-69-73-79(84)81-77(76-82)78(83)72-68-64-60-56-52-14-12-10-8-6-4-2/h16-17,68,72,77-78,82-83H,3-15,18-67,69-71,73-76H2,1-2H3,(H,81,84)/b17-16-,72-68+. The number of nitrogens with one attached hydrogen (secondary N) is 1. The molecule has 0 saturated carbocycles. The molecule has 0 aromatic rings. The number of hydrogen-bond donors (Lipinski definition) is 3. The molecule has 0 fully saturated rings. The van der Waals surface area contributed by atoms with Gasteiger partial charge in [-0.1, -0.05) is 404 Å². The number of carbonyl (C=O) groups excluding carboxylic acids is 2. The normalized spacial score (nSPS) is 12.6. The van der Waals surface area contributed by atoms with Gasteiger partial charge in [-0.3, -0.25) is 9.59 Å². The molecule has 86 heavy (non-hydrogen) atoms. The third-order valence-corrected chi connectivity index (χ3v) is 18.7. The minimum atomic E-state index is -0.838. The van der Waals surface area contributed by atoms with E-state index in [1.165, 1.54) is 385 Å². The lowest BCUT2D eigenvalue weighted by atomic mass is 10.0. The maximum absolute atomic E-state index is 12.5. The van der Waals surface area contributed by atoms with E-state index in [0.29, 0.717) is 19.4 Å². The second-order valence-corrected chi connectivity index (χ2v) is 27.4. The van der Waals surface area contributed by atoms with E-state index < -0.39 is 12.1 Å². The number of ether oxygens (including phenoxy) is 1. The lowest BCUT2D eigenvalue weighted by Crippen LogP contribution is -2.45. The van der Waals surface area contributed by atoms with Crippen molar-refractivity contribution in [3.63, 3.8) is 0 Å². The van der Waals surface area contributed by atoms with Gasteiger partial charge in [0.05, 0.1) is 25.4 Å². The average Bonchev–Trinajstić information content (AvgIpc) is 3.58. The van der Waals surface area contributed by atoms with Crippen LogP contribution in [0, 0.1) is 0 Å². The minimum Gasteiger partial charge on any atom is -0.466 e. The van der Waals surface area contributed by atoms with Crippen molar-refractivity contribution >= 4 is 11.9 Å². The maximum Gasteiger partial charge on any atom is 0.305 e. The van der Waals surface area contributed by atoms with Crippen LogP contribution in [0.3, 0.4) is 0 Å². The third-order valence-electron chi connectivity index (χ3n) is 18.7. The SMILES string of the molecule is CCCCCCCC/C=C\CCCCCCCCCCCC(=O)OCCCCCCCCCCCCCCCCCCCCCCCCCCCCCCCCCCCCCCCCCC(=O)NC(CO)C(O)/C=C/CCCCCCCCCCC. The van der Waals surface area contributed by atoms with Gasteiger partial charge in [0.2, 0.25) is 5.91 Å². The van der Waals surface area contributed by atoms with Gasteiger partial charge in [-0.05, 0) is 57.8 Å². The van der Waals surface area contributed by atoms with Crippen LogP contribution in [0.2, 0.25) is 0 Å². The van der Waals surface area contributed by atoms with E-state index in [2.05, 4.69) is 31.3 Å². The number of hydrogen-bond acceptors (Lipinski definition) is 5. The highest BCUT2D eigenvalue weighted by atomic mass is 16.5. The number of rotatable bonds is 75. The summed E-state index contributed by atoms with van der Waals surface area (Å²) in [5, 5.41) is 23.1. The molecule has 0 aliphatic rings. The molecule has 0 aliphatic carbocycles. The largest absolute Gasteiger partial charge is 0.466 e. The number of esters is 1. The van der Waals surface area contributed by atoms with Crippen LogP contribution < -0.4 is 5.32 Å². The molecule has 0 rings (SSSR count). The number of amides is 1. The van der Waals surface area contributed by atoms with Crippen LogP contribution in [-0.4, -0.2) is 47.4 Å². The molecule has 0 heterocycles. The molecule has 2 atom stereocenters. The van der Waals surface area contributed by atoms with Crippen LogP contribution in [0.25, 0.3) is 0 Å². The van der Waals surface area contributed by atoms with Crippen LogP contribution in [-0.2, 0) is 14.3 Å². The van der Waals surface area contributed by atoms with Crippen molar-refractivity contribution in [2.45, 2.75) is 463 Å². The Morgan fingerprint density at radius 1 is 0.314 bits per heavy atom. The van der Waals surface area contributed by atoms with Gasteiger partial charge in [0.15, 0.2) is 0 Å². The number of carbonyl (C=O) groups is 2. The summed E-state index contributed by atoms with van der Waals surface area (Å²) in [5.74, 6) is -0.0366. The molecule has 6 heteroatoms. The van der Waals surface area contributed by atoms with Gasteiger partial charge in [0.25, 0.3) is 0 Å². The molecule has 510 valence electrons. The van der Waals surface area contributed by atoms with Crippen LogP contribution in [0.4, 0.5) is 0 Å². The number of aliphatic hydroxyl groups is 2. The summed E-state index contributed by atoms with van der Waals surface area (Å²) < 4.78 is 5.52. The Morgan fingerprint density at radius 3 is 0.826 bits per heavy atom. The zero-order valence-corrected chi connectivity index (χ0v) is 58.6. The Labute approximate surface area is 539 Å². The fourth-order valence-electron chi connectivity index (χ4n) is 12.7. The summed E-state index contributed by atoms with van der Waals surface area (Å²) in [4.78, 5) is 24.6. The summed E-state index contributed by atoms with van der Waals surface area (Å²) in [6.45, 7) is 4.93. The molecule has 0 bridgehead atoms. The van der Waals surface area contributed by atoms with Gasteiger partial charge in [-0.25, -0.2) is 0 Å². The number of unbranched alkanes of at least 4 members (excludes halogenated alkanes) is 62. The molecule has 0 saturated heterocycles. The fourth-order valence-corrected chi connectivity index (χ4v) is 12.7. The molecular formula is C80H155NO5. The highest BCUT2D eigenvalue weighted by Gasteiger charge is 2.18. The van der Waals surface area contributed by atoms with E-state index in [-0.39, 0.29) is 18.5 Å². The Bertz CT molecular complexity index is 1350. The van der Waals surface area contributed by atoms with Crippen molar-refractivity contribution in [2.75, 3.05) is 13.2 Å². The summed E-state index contributed by atoms with van der Waals surface area (Å²) in [6.07, 6.45) is 97.5. The second-order valence-electron chi connectivity index (χ2n) is 27.4. The van der Waals surface area contributed by atoms with Crippen molar-refractivity contribution in [1.29, 1.82) is 0 Å². The summed E-state index contributed by atoms with van der Waals surface area (Å²) in [7, 11) is 0. The van der Waals surface area contributed by atoms with Crippen LogP contribution in [0.1, 0.15) is 450 Å². The zero-order chi connectivity index (χ0) is 62.0. The van der Waals surface area contributed by atoms with Gasteiger partial charge in [-0.2, -0.15) is 0 Å². The molecular weight excluding hydrogens is 1050 g/mol. The van der Waals surface area contributed by atoms with Gasteiger partial charge >= 0.3 is 5.97 Å². The predicted molar refractivity (Wildman–Crippen MR) is 380 cm³/mol. The highest BCUT2D eigenvalue weighted by Crippen LogP contribution is 2.20. The quantitative estimate of drug-likeness (QED) is 0.0320. The summed E-state index contributed by atoms with van der Waals surface area (Å²) >= 11 is 0. The van der Waals surface area contributed by atoms with Crippen molar-refractivity contribution < 1.29 is 24.5 Å². The maximum atomic E-state index is 12.5. The highest BCUT2D eigenvalue weighted by molar-refractivity contribution is 5.76. The molecule has 6 nitrogen and oxygen atoms in total. The van der Waals surface area contributed by atoms with E-state index >= 15 is 0 Å².